The van der Waals surface area contributed by atoms with Crippen molar-refractivity contribution in [3.05, 3.63) is 44.4 Å². The normalized spacial score (nSPS) is 22.2. The number of thioether (sulfide) groups is 1. The zero-order valence-corrected chi connectivity index (χ0v) is 15.0. The number of ether oxygens (including phenoxy) is 1. The summed E-state index contributed by atoms with van der Waals surface area (Å²) in [4.78, 5) is 16.1. The standard InChI is InChI=1S/C17H20N2O2S2/c1-18(2)7-8-19-16-15(23-17(19)20)14-11(10-22-16)9-21-13-6-4-3-5-12(13)14/h3-6,11,14H,7-10H2,1-2H3/t11-,14+/m0/s1. The Morgan fingerprint density at radius 3 is 3.00 bits per heavy atom. The lowest BCUT2D eigenvalue weighted by molar-refractivity contribution is 0.218. The van der Waals surface area contributed by atoms with Gasteiger partial charge in [-0.05, 0) is 20.2 Å². The summed E-state index contributed by atoms with van der Waals surface area (Å²) in [6, 6.07) is 8.28. The number of hydrogen-bond donors (Lipinski definition) is 0. The van der Waals surface area contributed by atoms with Gasteiger partial charge in [0.1, 0.15) is 5.75 Å². The van der Waals surface area contributed by atoms with E-state index in [1.807, 2.05) is 42.6 Å². The molecule has 4 nitrogen and oxygen atoms in total. The van der Waals surface area contributed by atoms with Crippen molar-refractivity contribution in [2.45, 2.75) is 17.5 Å². The maximum atomic E-state index is 12.5. The highest BCUT2D eigenvalue weighted by molar-refractivity contribution is 7.99. The third-order valence-corrected chi connectivity index (χ3v) is 7.04. The maximum Gasteiger partial charge on any atom is 0.308 e. The van der Waals surface area contributed by atoms with Crippen molar-refractivity contribution in [1.29, 1.82) is 0 Å². The van der Waals surface area contributed by atoms with Gasteiger partial charge in [-0.25, -0.2) is 0 Å². The zero-order valence-electron chi connectivity index (χ0n) is 13.3. The van der Waals surface area contributed by atoms with Crippen LogP contribution in [0.2, 0.25) is 0 Å². The minimum Gasteiger partial charge on any atom is -0.493 e. The summed E-state index contributed by atoms with van der Waals surface area (Å²) in [6.07, 6.45) is 0. The van der Waals surface area contributed by atoms with Crippen molar-refractivity contribution < 1.29 is 4.74 Å². The van der Waals surface area contributed by atoms with Gasteiger partial charge in [-0.3, -0.25) is 9.36 Å². The largest absolute Gasteiger partial charge is 0.493 e. The Bertz CT molecular complexity index is 781. The number of aromatic nitrogens is 1. The number of thiazole rings is 1. The molecule has 2 aliphatic heterocycles. The van der Waals surface area contributed by atoms with Gasteiger partial charge in [-0.2, -0.15) is 0 Å². The SMILES string of the molecule is CN(C)CCn1c2c(sc1=O)[C@H]1c3ccccc3OC[C@H]1CS2. The van der Waals surface area contributed by atoms with Crippen LogP contribution in [-0.4, -0.2) is 42.5 Å². The van der Waals surface area contributed by atoms with Crippen LogP contribution in [0.4, 0.5) is 0 Å². The fourth-order valence-electron chi connectivity index (χ4n) is 3.35. The number of benzene rings is 1. The van der Waals surface area contributed by atoms with E-state index in [9.17, 15) is 4.79 Å². The average molecular weight is 348 g/mol. The van der Waals surface area contributed by atoms with Gasteiger partial charge in [-0.15, -0.1) is 11.8 Å². The molecule has 1 aromatic carbocycles. The highest BCUT2D eigenvalue weighted by atomic mass is 32.2. The number of rotatable bonds is 3. The predicted octanol–water partition coefficient (Wildman–Crippen LogP) is 2.72. The van der Waals surface area contributed by atoms with Gasteiger partial charge in [0.05, 0.1) is 11.6 Å². The van der Waals surface area contributed by atoms with E-state index >= 15 is 0 Å². The van der Waals surface area contributed by atoms with E-state index in [1.54, 1.807) is 0 Å². The first-order valence-corrected chi connectivity index (χ1v) is 9.68. The first-order valence-electron chi connectivity index (χ1n) is 7.88. The van der Waals surface area contributed by atoms with Crippen molar-refractivity contribution >= 4 is 23.1 Å². The predicted molar refractivity (Wildman–Crippen MR) is 95.1 cm³/mol. The van der Waals surface area contributed by atoms with Crippen LogP contribution in [0, 0.1) is 5.92 Å². The van der Waals surface area contributed by atoms with Gasteiger partial charge in [0.15, 0.2) is 0 Å². The highest BCUT2D eigenvalue weighted by Crippen LogP contribution is 2.50. The minimum absolute atomic E-state index is 0.175. The first kappa shape index (κ1) is 15.3. The van der Waals surface area contributed by atoms with Crippen LogP contribution in [0.25, 0.3) is 0 Å². The molecule has 0 bridgehead atoms. The van der Waals surface area contributed by atoms with E-state index in [-0.39, 0.29) is 4.87 Å². The lowest BCUT2D eigenvalue weighted by atomic mass is 9.84. The second-order valence-electron chi connectivity index (χ2n) is 6.39. The summed E-state index contributed by atoms with van der Waals surface area (Å²) in [6.45, 7) is 2.40. The Balaban J connectivity index is 1.78. The number of likely N-dealkylation sites (N-methyl/N-ethyl adjacent to an activating group) is 1. The molecule has 2 aliphatic rings. The molecule has 3 heterocycles. The summed E-state index contributed by atoms with van der Waals surface area (Å²) >= 11 is 3.25. The topological polar surface area (TPSA) is 34.5 Å². The Hall–Kier alpha value is -1.24. The van der Waals surface area contributed by atoms with Gasteiger partial charge in [-0.1, -0.05) is 29.5 Å². The molecule has 0 radical (unpaired) electrons. The molecular formula is C17H20N2O2S2. The Morgan fingerprint density at radius 1 is 1.35 bits per heavy atom. The minimum atomic E-state index is 0.175. The van der Waals surface area contributed by atoms with E-state index in [2.05, 4.69) is 17.0 Å². The molecule has 0 spiro atoms. The Kier molecular flexibility index (Phi) is 3.99. The molecule has 0 fully saturated rings. The van der Waals surface area contributed by atoms with Crippen molar-refractivity contribution in [3.63, 3.8) is 0 Å². The van der Waals surface area contributed by atoms with Crippen LogP contribution in [0.5, 0.6) is 5.75 Å². The van der Waals surface area contributed by atoms with Crippen molar-refractivity contribution in [1.82, 2.24) is 9.47 Å². The van der Waals surface area contributed by atoms with Gasteiger partial charge < -0.3 is 9.64 Å². The maximum absolute atomic E-state index is 12.5. The molecule has 2 atom stereocenters. The van der Waals surface area contributed by atoms with Crippen LogP contribution >= 0.6 is 23.1 Å². The molecule has 23 heavy (non-hydrogen) atoms. The molecule has 0 saturated heterocycles. The second-order valence-corrected chi connectivity index (χ2v) is 8.39. The van der Waals surface area contributed by atoms with E-state index < -0.39 is 0 Å². The summed E-state index contributed by atoms with van der Waals surface area (Å²) in [5.41, 5.74) is 1.24. The van der Waals surface area contributed by atoms with E-state index in [1.165, 1.54) is 26.8 Å². The molecule has 0 aliphatic carbocycles. The van der Waals surface area contributed by atoms with Gasteiger partial charge >= 0.3 is 4.87 Å². The molecule has 122 valence electrons. The van der Waals surface area contributed by atoms with E-state index in [0.717, 1.165) is 31.2 Å². The average Bonchev–Trinajstić information content (AvgIpc) is 2.87. The van der Waals surface area contributed by atoms with Crippen molar-refractivity contribution in [2.24, 2.45) is 5.92 Å². The Labute approximate surface area is 144 Å². The lowest BCUT2D eigenvalue weighted by Crippen LogP contribution is -2.31. The monoisotopic (exact) mass is 348 g/mol. The van der Waals surface area contributed by atoms with Gasteiger partial charge in [0, 0.05) is 41.1 Å². The van der Waals surface area contributed by atoms with Crippen LogP contribution in [0.3, 0.4) is 0 Å². The first-order chi connectivity index (χ1) is 11.1. The van der Waals surface area contributed by atoms with E-state index in [0.29, 0.717) is 11.8 Å². The third kappa shape index (κ3) is 2.62. The lowest BCUT2D eigenvalue weighted by Gasteiger charge is -2.36. The molecular weight excluding hydrogens is 328 g/mol. The van der Waals surface area contributed by atoms with Crippen LogP contribution < -0.4 is 9.61 Å². The molecule has 1 aromatic heterocycles. The van der Waals surface area contributed by atoms with Crippen LogP contribution in [0.1, 0.15) is 16.4 Å². The number of hydrogen-bond acceptors (Lipinski definition) is 5. The smallest absolute Gasteiger partial charge is 0.308 e. The fourth-order valence-corrected chi connectivity index (χ4v) is 6.09. The van der Waals surface area contributed by atoms with Crippen molar-refractivity contribution in [3.8, 4) is 5.75 Å². The Morgan fingerprint density at radius 2 is 2.17 bits per heavy atom. The van der Waals surface area contributed by atoms with Gasteiger partial charge in [0.25, 0.3) is 0 Å². The van der Waals surface area contributed by atoms with Crippen LogP contribution in [0.15, 0.2) is 34.1 Å². The number of para-hydroxylation sites is 1. The molecule has 6 heteroatoms. The highest BCUT2D eigenvalue weighted by Gasteiger charge is 2.39. The summed E-state index contributed by atoms with van der Waals surface area (Å²) in [7, 11) is 4.09. The molecule has 2 aromatic rings. The molecule has 0 unspecified atom stereocenters. The summed E-state index contributed by atoms with van der Waals surface area (Å²) in [5.74, 6) is 2.77. The quantitative estimate of drug-likeness (QED) is 0.854. The summed E-state index contributed by atoms with van der Waals surface area (Å²) in [5, 5.41) is 1.18. The molecule has 4 rings (SSSR count). The van der Waals surface area contributed by atoms with Gasteiger partial charge in [0.2, 0.25) is 0 Å². The second kappa shape index (κ2) is 6.00. The molecule has 0 amide bonds. The van der Waals surface area contributed by atoms with E-state index in [4.69, 9.17) is 4.74 Å². The summed E-state index contributed by atoms with van der Waals surface area (Å²) < 4.78 is 7.89. The number of fused-ring (bicyclic) bond motifs is 5. The fraction of sp³-hybridized carbons (Fsp3) is 0.471. The van der Waals surface area contributed by atoms with Crippen molar-refractivity contribution in [2.75, 3.05) is 33.0 Å². The third-order valence-electron chi connectivity index (χ3n) is 4.54. The zero-order chi connectivity index (χ0) is 16.0. The molecule has 0 saturated carbocycles. The molecule has 0 N–H and O–H groups in total. The van der Waals surface area contributed by atoms with Crippen LogP contribution in [-0.2, 0) is 6.54 Å². The number of nitrogens with zero attached hydrogens (tertiary/aromatic N) is 2.